The largest absolute Gasteiger partial charge is 0.337 e. The minimum Gasteiger partial charge on any atom is -0.337 e. The molecule has 0 bridgehead atoms. The molecule has 0 fully saturated rings. The van der Waals surface area contributed by atoms with Crippen molar-refractivity contribution >= 4 is 18.5 Å². The van der Waals surface area contributed by atoms with E-state index in [0.29, 0.717) is 11.1 Å². The van der Waals surface area contributed by atoms with E-state index in [1.807, 2.05) is 0 Å². The van der Waals surface area contributed by atoms with Gasteiger partial charge in [-0.3, -0.25) is 4.79 Å². The zero-order chi connectivity index (χ0) is 14.7. The molecule has 2 aromatic rings. The van der Waals surface area contributed by atoms with Crippen LogP contribution >= 0.6 is 12.6 Å². The lowest BCUT2D eigenvalue weighted by Gasteiger charge is -2.17. The summed E-state index contributed by atoms with van der Waals surface area (Å²) in [5.41, 5.74) is 1.03. The molecule has 0 aliphatic rings. The predicted molar refractivity (Wildman–Crippen MR) is 75.8 cm³/mol. The summed E-state index contributed by atoms with van der Waals surface area (Å²) in [7, 11) is 1.61. The van der Waals surface area contributed by atoms with Crippen molar-refractivity contribution in [3.63, 3.8) is 0 Å². The molecule has 20 heavy (non-hydrogen) atoms. The van der Waals surface area contributed by atoms with Gasteiger partial charge in [0.05, 0.1) is 0 Å². The smallest absolute Gasteiger partial charge is 0.253 e. The zero-order valence-corrected chi connectivity index (χ0v) is 11.7. The van der Waals surface area contributed by atoms with Crippen LogP contribution < -0.4 is 0 Å². The van der Waals surface area contributed by atoms with Crippen molar-refractivity contribution in [2.75, 3.05) is 7.05 Å². The second kappa shape index (κ2) is 6.05. The Hall–Kier alpha value is -1.88. The highest BCUT2D eigenvalue weighted by Gasteiger charge is 2.13. The standard InChI is InChI=1S/C15H13F2NOS/c1-18(9-10-3-2-4-12(16)7-10)15(19)11-5-6-13(17)14(20)8-11/h2-8,20H,9H2,1H3. The van der Waals surface area contributed by atoms with Crippen molar-refractivity contribution in [1.29, 1.82) is 0 Å². The van der Waals surface area contributed by atoms with Crippen molar-refractivity contribution in [1.82, 2.24) is 4.90 Å². The van der Waals surface area contributed by atoms with Crippen LogP contribution in [0.2, 0.25) is 0 Å². The summed E-state index contributed by atoms with van der Waals surface area (Å²) in [6, 6.07) is 10.0. The lowest BCUT2D eigenvalue weighted by molar-refractivity contribution is 0.0784. The lowest BCUT2D eigenvalue weighted by Crippen LogP contribution is -2.26. The van der Waals surface area contributed by atoms with Gasteiger partial charge in [-0.2, -0.15) is 0 Å². The first-order valence-corrected chi connectivity index (χ1v) is 6.40. The summed E-state index contributed by atoms with van der Waals surface area (Å²) >= 11 is 3.95. The van der Waals surface area contributed by atoms with E-state index in [-0.39, 0.29) is 23.2 Å². The Morgan fingerprint density at radius 2 is 1.95 bits per heavy atom. The maximum absolute atomic E-state index is 13.1. The molecule has 0 saturated heterocycles. The van der Waals surface area contributed by atoms with E-state index in [9.17, 15) is 13.6 Å². The fourth-order valence-electron chi connectivity index (χ4n) is 1.85. The SMILES string of the molecule is CN(Cc1cccc(F)c1)C(=O)c1ccc(F)c(S)c1. The number of carbonyl (C=O) groups is 1. The van der Waals surface area contributed by atoms with Gasteiger partial charge in [-0.05, 0) is 35.9 Å². The van der Waals surface area contributed by atoms with E-state index < -0.39 is 5.82 Å². The molecule has 0 aromatic heterocycles. The Bertz CT molecular complexity index is 646. The van der Waals surface area contributed by atoms with Crippen LogP contribution in [-0.4, -0.2) is 17.9 Å². The van der Waals surface area contributed by atoms with Crippen LogP contribution in [-0.2, 0) is 6.54 Å². The Morgan fingerprint density at radius 1 is 1.20 bits per heavy atom. The van der Waals surface area contributed by atoms with Crippen LogP contribution in [0.25, 0.3) is 0 Å². The molecule has 2 rings (SSSR count). The number of thiol groups is 1. The monoisotopic (exact) mass is 293 g/mol. The van der Waals surface area contributed by atoms with Gasteiger partial charge < -0.3 is 4.90 Å². The molecule has 2 aromatic carbocycles. The van der Waals surface area contributed by atoms with Crippen molar-refractivity contribution in [2.45, 2.75) is 11.4 Å². The molecule has 104 valence electrons. The van der Waals surface area contributed by atoms with Gasteiger partial charge in [0.25, 0.3) is 5.91 Å². The number of hydrogen-bond acceptors (Lipinski definition) is 2. The highest BCUT2D eigenvalue weighted by Crippen LogP contribution is 2.16. The number of rotatable bonds is 3. The van der Waals surface area contributed by atoms with Crippen molar-refractivity contribution in [3.05, 3.63) is 65.2 Å². The van der Waals surface area contributed by atoms with E-state index in [2.05, 4.69) is 12.6 Å². The van der Waals surface area contributed by atoms with Crippen molar-refractivity contribution < 1.29 is 13.6 Å². The van der Waals surface area contributed by atoms with Gasteiger partial charge in [-0.15, -0.1) is 12.6 Å². The fraction of sp³-hybridized carbons (Fsp3) is 0.133. The van der Waals surface area contributed by atoms with Crippen LogP contribution in [0, 0.1) is 11.6 Å². The van der Waals surface area contributed by atoms with Gasteiger partial charge >= 0.3 is 0 Å². The molecule has 0 saturated carbocycles. The van der Waals surface area contributed by atoms with Gasteiger partial charge in [0.1, 0.15) is 11.6 Å². The van der Waals surface area contributed by atoms with Gasteiger partial charge in [-0.25, -0.2) is 8.78 Å². The number of halogens is 2. The molecular formula is C15H13F2NOS. The van der Waals surface area contributed by atoms with Crippen LogP contribution in [0.4, 0.5) is 8.78 Å². The molecule has 0 radical (unpaired) electrons. The maximum atomic E-state index is 13.1. The minimum atomic E-state index is -0.474. The van der Waals surface area contributed by atoms with Gasteiger partial charge in [0.2, 0.25) is 0 Å². The number of hydrogen-bond donors (Lipinski definition) is 1. The van der Waals surface area contributed by atoms with Crippen LogP contribution in [0.5, 0.6) is 0 Å². The maximum Gasteiger partial charge on any atom is 0.253 e. The number of carbonyl (C=O) groups excluding carboxylic acids is 1. The third kappa shape index (κ3) is 3.36. The van der Waals surface area contributed by atoms with E-state index in [4.69, 9.17) is 0 Å². The number of amides is 1. The van der Waals surface area contributed by atoms with E-state index in [1.165, 1.54) is 35.2 Å². The van der Waals surface area contributed by atoms with Crippen LogP contribution in [0.3, 0.4) is 0 Å². The Kier molecular flexibility index (Phi) is 4.39. The molecule has 2 nitrogen and oxygen atoms in total. The van der Waals surface area contributed by atoms with Crippen LogP contribution in [0.1, 0.15) is 15.9 Å². The van der Waals surface area contributed by atoms with Crippen LogP contribution in [0.15, 0.2) is 47.4 Å². The summed E-state index contributed by atoms with van der Waals surface area (Å²) in [6.07, 6.45) is 0. The molecule has 0 aliphatic carbocycles. The summed E-state index contributed by atoms with van der Waals surface area (Å²) in [6.45, 7) is 0.274. The predicted octanol–water partition coefficient (Wildman–Crippen LogP) is 3.53. The van der Waals surface area contributed by atoms with E-state index >= 15 is 0 Å². The molecule has 5 heteroatoms. The van der Waals surface area contributed by atoms with Crippen molar-refractivity contribution in [2.24, 2.45) is 0 Å². The second-order valence-corrected chi connectivity index (χ2v) is 4.94. The second-order valence-electron chi connectivity index (χ2n) is 4.46. The van der Waals surface area contributed by atoms with Crippen molar-refractivity contribution in [3.8, 4) is 0 Å². The average molecular weight is 293 g/mol. The first-order valence-electron chi connectivity index (χ1n) is 5.96. The van der Waals surface area contributed by atoms with E-state index in [1.54, 1.807) is 19.2 Å². The molecule has 0 aliphatic heterocycles. The molecule has 0 heterocycles. The summed E-state index contributed by atoms with van der Waals surface area (Å²) in [5, 5.41) is 0. The number of benzene rings is 2. The minimum absolute atomic E-state index is 0.120. The normalized spacial score (nSPS) is 10.4. The molecule has 1 amide bonds. The first-order chi connectivity index (χ1) is 9.47. The zero-order valence-electron chi connectivity index (χ0n) is 10.8. The summed E-state index contributed by atoms with van der Waals surface area (Å²) in [4.78, 5) is 13.7. The molecule has 0 N–H and O–H groups in total. The summed E-state index contributed by atoms with van der Waals surface area (Å²) in [5.74, 6) is -1.09. The van der Waals surface area contributed by atoms with E-state index in [0.717, 1.165) is 0 Å². The molecule has 0 spiro atoms. The Balaban J connectivity index is 2.14. The third-order valence-corrected chi connectivity index (χ3v) is 3.19. The molecule has 0 atom stereocenters. The first kappa shape index (κ1) is 14.5. The highest BCUT2D eigenvalue weighted by molar-refractivity contribution is 7.80. The topological polar surface area (TPSA) is 20.3 Å². The summed E-state index contributed by atoms with van der Waals surface area (Å²) < 4.78 is 26.2. The average Bonchev–Trinajstić information content (AvgIpc) is 2.41. The third-order valence-electron chi connectivity index (χ3n) is 2.85. The highest BCUT2D eigenvalue weighted by atomic mass is 32.1. The fourth-order valence-corrected chi connectivity index (χ4v) is 2.06. The quantitative estimate of drug-likeness (QED) is 0.858. The molecular weight excluding hydrogens is 280 g/mol. The Morgan fingerprint density at radius 3 is 2.60 bits per heavy atom. The molecule has 0 unspecified atom stereocenters. The Labute approximate surface area is 121 Å². The van der Waals surface area contributed by atoms with Gasteiger partial charge in [0, 0.05) is 24.1 Å². The number of nitrogens with zero attached hydrogens (tertiary/aromatic N) is 1. The lowest BCUT2D eigenvalue weighted by atomic mass is 10.1. The van der Waals surface area contributed by atoms with Gasteiger partial charge in [-0.1, -0.05) is 12.1 Å². The van der Waals surface area contributed by atoms with Gasteiger partial charge in [0.15, 0.2) is 0 Å².